The van der Waals surface area contributed by atoms with Crippen LogP contribution in [0, 0.1) is 17.0 Å². The molecular weight excluding hydrogens is 420 g/mol. The topological polar surface area (TPSA) is 124 Å². The number of fused-ring (bicyclic) bond motifs is 1. The Morgan fingerprint density at radius 2 is 1.77 bits per heavy atom. The lowest BCUT2D eigenvalue weighted by Crippen LogP contribution is -2.14. The van der Waals surface area contributed by atoms with Crippen LogP contribution < -0.4 is 5.32 Å². The van der Waals surface area contributed by atoms with Gasteiger partial charge in [-0.25, -0.2) is 17.4 Å². The Labute approximate surface area is 177 Å². The Morgan fingerprint density at radius 3 is 2.48 bits per heavy atom. The number of amides is 1. The van der Waals surface area contributed by atoms with Crippen LogP contribution in [0.25, 0.3) is 11.0 Å². The van der Waals surface area contributed by atoms with Crippen molar-refractivity contribution in [1.82, 2.24) is 8.96 Å². The summed E-state index contributed by atoms with van der Waals surface area (Å²) in [6.45, 7) is 1.86. The molecule has 0 spiro atoms. The Morgan fingerprint density at radius 1 is 1.06 bits per heavy atom. The standard InChI is InChI=1S/C21H16N4O5S/c1-14-6-9-16(10-7-14)31(29,30)24-13-22-18-11-8-15(12-20(18)24)23-21(26)17-4-2-3-5-19(17)25(27)28/h2-13H,1H3,(H,23,26). The summed E-state index contributed by atoms with van der Waals surface area (Å²) in [4.78, 5) is 27.4. The SMILES string of the molecule is Cc1ccc(S(=O)(=O)n2cnc3ccc(NC(=O)c4ccccc4[N+](=O)[O-])cc32)cc1. The summed E-state index contributed by atoms with van der Waals surface area (Å²) < 4.78 is 27.1. The molecule has 0 unspecified atom stereocenters. The number of nitrogens with zero attached hydrogens (tertiary/aromatic N) is 3. The van der Waals surface area contributed by atoms with Gasteiger partial charge in [0.25, 0.3) is 21.6 Å². The third-order valence-corrected chi connectivity index (χ3v) is 6.37. The van der Waals surface area contributed by atoms with E-state index in [0.29, 0.717) is 5.52 Å². The van der Waals surface area contributed by atoms with Crippen molar-refractivity contribution >= 4 is 38.3 Å². The minimum absolute atomic E-state index is 0.103. The fourth-order valence-corrected chi connectivity index (χ4v) is 4.39. The van der Waals surface area contributed by atoms with Crippen LogP contribution in [-0.2, 0) is 10.0 Å². The van der Waals surface area contributed by atoms with Crippen molar-refractivity contribution in [3.05, 3.63) is 94.3 Å². The molecule has 0 aliphatic carbocycles. The number of hydrogen-bond donors (Lipinski definition) is 1. The first-order valence-corrected chi connectivity index (χ1v) is 10.6. The number of aromatic nitrogens is 2. The van der Waals surface area contributed by atoms with Gasteiger partial charge in [-0.3, -0.25) is 14.9 Å². The zero-order chi connectivity index (χ0) is 22.2. The molecule has 0 saturated heterocycles. The van der Waals surface area contributed by atoms with Crippen molar-refractivity contribution in [2.45, 2.75) is 11.8 Å². The molecule has 0 atom stereocenters. The summed E-state index contributed by atoms with van der Waals surface area (Å²) in [6.07, 6.45) is 1.20. The van der Waals surface area contributed by atoms with Crippen LogP contribution in [0.5, 0.6) is 0 Å². The predicted octanol–water partition coefficient (Wildman–Crippen LogP) is 3.74. The predicted molar refractivity (Wildman–Crippen MR) is 115 cm³/mol. The average Bonchev–Trinajstić information content (AvgIpc) is 3.18. The van der Waals surface area contributed by atoms with Crippen molar-refractivity contribution in [2.24, 2.45) is 0 Å². The molecule has 0 aliphatic heterocycles. The summed E-state index contributed by atoms with van der Waals surface area (Å²) in [5.41, 5.74) is 1.45. The molecule has 156 valence electrons. The van der Waals surface area contributed by atoms with Crippen LogP contribution in [0.2, 0.25) is 0 Å². The molecule has 3 aromatic carbocycles. The average molecular weight is 436 g/mol. The summed E-state index contributed by atoms with van der Waals surface area (Å²) in [5.74, 6) is -0.681. The third kappa shape index (κ3) is 3.76. The number of carbonyl (C=O) groups excluding carboxylic acids is 1. The number of anilines is 1. The molecule has 1 N–H and O–H groups in total. The summed E-state index contributed by atoms with van der Waals surface area (Å²) in [7, 11) is -3.90. The normalized spacial score (nSPS) is 11.4. The highest BCUT2D eigenvalue weighted by atomic mass is 32.2. The Balaban J connectivity index is 1.72. The van der Waals surface area contributed by atoms with Crippen LogP contribution in [0.4, 0.5) is 11.4 Å². The maximum Gasteiger partial charge on any atom is 0.282 e. The van der Waals surface area contributed by atoms with Gasteiger partial charge < -0.3 is 5.32 Å². The number of nitro groups is 1. The Bertz CT molecular complexity index is 1430. The zero-order valence-corrected chi connectivity index (χ0v) is 17.0. The van der Waals surface area contributed by atoms with E-state index in [0.717, 1.165) is 9.54 Å². The van der Waals surface area contributed by atoms with E-state index in [4.69, 9.17) is 0 Å². The molecule has 0 bridgehead atoms. The highest BCUT2D eigenvalue weighted by Gasteiger charge is 2.22. The van der Waals surface area contributed by atoms with E-state index in [1.54, 1.807) is 24.3 Å². The van der Waals surface area contributed by atoms with Crippen molar-refractivity contribution in [3.63, 3.8) is 0 Å². The smallest absolute Gasteiger partial charge is 0.282 e. The minimum atomic E-state index is -3.90. The van der Waals surface area contributed by atoms with Gasteiger partial charge in [0.2, 0.25) is 0 Å². The van der Waals surface area contributed by atoms with Gasteiger partial charge in [0.05, 0.1) is 20.9 Å². The van der Waals surface area contributed by atoms with E-state index >= 15 is 0 Å². The molecule has 10 heteroatoms. The lowest BCUT2D eigenvalue weighted by atomic mass is 10.1. The second kappa shape index (κ2) is 7.65. The van der Waals surface area contributed by atoms with Gasteiger partial charge in [0.15, 0.2) is 0 Å². The van der Waals surface area contributed by atoms with E-state index in [1.165, 1.54) is 48.8 Å². The number of nitrogens with one attached hydrogen (secondary N) is 1. The van der Waals surface area contributed by atoms with Gasteiger partial charge in [-0.1, -0.05) is 29.8 Å². The number of benzene rings is 3. The van der Waals surface area contributed by atoms with Gasteiger partial charge in [0.1, 0.15) is 11.9 Å². The molecular formula is C21H16N4O5S. The highest BCUT2D eigenvalue weighted by molar-refractivity contribution is 7.90. The van der Waals surface area contributed by atoms with Crippen LogP contribution in [0.15, 0.2) is 78.0 Å². The fraction of sp³-hybridized carbons (Fsp3) is 0.0476. The molecule has 31 heavy (non-hydrogen) atoms. The number of imidazole rings is 1. The van der Waals surface area contributed by atoms with Crippen molar-refractivity contribution in [3.8, 4) is 0 Å². The van der Waals surface area contributed by atoms with Gasteiger partial charge in [-0.2, -0.15) is 0 Å². The maximum atomic E-state index is 13.1. The third-order valence-electron chi connectivity index (χ3n) is 4.70. The number of aryl methyl sites for hydroxylation is 1. The van der Waals surface area contributed by atoms with E-state index in [1.807, 2.05) is 6.92 Å². The first-order valence-electron chi connectivity index (χ1n) is 9.11. The van der Waals surface area contributed by atoms with E-state index in [2.05, 4.69) is 10.3 Å². The van der Waals surface area contributed by atoms with Gasteiger partial charge in [-0.15, -0.1) is 0 Å². The molecule has 0 fully saturated rings. The number of rotatable bonds is 5. The molecule has 1 heterocycles. The number of carbonyl (C=O) groups is 1. The number of hydrogen-bond acceptors (Lipinski definition) is 6. The number of nitro benzene ring substituents is 1. The van der Waals surface area contributed by atoms with Crippen LogP contribution in [-0.4, -0.2) is 28.2 Å². The van der Waals surface area contributed by atoms with Crippen LogP contribution >= 0.6 is 0 Å². The maximum absolute atomic E-state index is 13.1. The largest absolute Gasteiger partial charge is 0.322 e. The zero-order valence-electron chi connectivity index (χ0n) is 16.2. The van der Waals surface area contributed by atoms with E-state index in [-0.39, 0.29) is 27.4 Å². The Kier molecular flexibility index (Phi) is 4.99. The lowest BCUT2D eigenvalue weighted by Gasteiger charge is -2.09. The van der Waals surface area contributed by atoms with Crippen LogP contribution in [0.1, 0.15) is 15.9 Å². The van der Waals surface area contributed by atoms with Crippen molar-refractivity contribution < 1.29 is 18.1 Å². The molecule has 4 rings (SSSR count). The summed E-state index contributed by atoms with van der Waals surface area (Å²) >= 11 is 0. The summed E-state index contributed by atoms with van der Waals surface area (Å²) in [6, 6.07) is 16.6. The van der Waals surface area contributed by atoms with Crippen molar-refractivity contribution in [2.75, 3.05) is 5.32 Å². The first-order chi connectivity index (χ1) is 14.8. The van der Waals surface area contributed by atoms with Crippen LogP contribution in [0.3, 0.4) is 0 Å². The Hall–Kier alpha value is -4.05. The van der Waals surface area contributed by atoms with Gasteiger partial charge >= 0.3 is 0 Å². The first kappa shape index (κ1) is 20.2. The highest BCUT2D eigenvalue weighted by Crippen LogP contribution is 2.25. The number of para-hydroxylation sites is 1. The minimum Gasteiger partial charge on any atom is -0.322 e. The summed E-state index contributed by atoms with van der Waals surface area (Å²) in [5, 5.41) is 13.8. The van der Waals surface area contributed by atoms with Gasteiger partial charge in [-0.05, 0) is 43.3 Å². The monoisotopic (exact) mass is 436 g/mol. The quantitative estimate of drug-likeness (QED) is 0.375. The second-order valence-electron chi connectivity index (χ2n) is 6.79. The molecule has 0 saturated carbocycles. The molecule has 4 aromatic rings. The van der Waals surface area contributed by atoms with E-state index in [9.17, 15) is 23.3 Å². The molecule has 1 aromatic heterocycles. The molecule has 1 amide bonds. The van der Waals surface area contributed by atoms with Crippen molar-refractivity contribution in [1.29, 1.82) is 0 Å². The lowest BCUT2D eigenvalue weighted by molar-refractivity contribution is -0.385. The second-order valence-corrected chi connectivity index (χ2v) is 8.61. The molecule has 0 aliphatic rings. The van der Waals surface area contributed by atoms with Gasteiger partial charge in [0, 0.05) is 11.8 Å². The molecule has 0 radical (unpaired) electrons. The van der Waals surface area contributed by atoms with E-state index < -0.39 is 20.9 Å². The molecule has 9 nitrogen and oxygen atoms in total. The fourth-order valence-electron chi connectivity index (χ4n) is 3.10.